The molecule has 20 heavy (non-hydrogen) atoms. The Labute approximate surface area is 120 Å². The van der Waals surface area contributed by atoms with Gasteiger partial charge >= 0.3 is 0 Å². The van der Waals surface area contributed by atoms with E-state index in [1.807, 2.05) is 0 Å². The summed E-state index contributed by atoms with van der Waals surface area (Å²) in [7, 11) is -4.09. The highest BCUT2D eigenvalue weighted by molar-refractivity contribution is 7.89. The molecular weight excluding hydrogens is 309 g/mol. The fraction of sp³-hybridized carbons (Fsp3) is 0.364. The average molecular weight is 322 g/mol. The first-order chi connectivity index (χ1) is 9.23. The van der Waals surface area contributed by atoms with Crippen molar-refractivity contribution < 1.29 is 17.6 Å². The van der Waals surface area contributed by atoms with E-state index < -0.39 is 32.6 Å². The lowest BCUT2D eigenvalue weighted by molar-refractivity contribution is -0.121. The van der Waals surface area contributed by atoms with Crippen LogP contribution in [0.4, 0.5) is 10.1 Å². The second-order valence-corrected chi connectivity index (χ2v) is 6.90. The largest absolute Gasteiger partial charge is 0.396 e. The summed E-state index contributed by atoms with van der Waals surface area (Å²) in [5, 5.41) is 0.0214. The zero-order valence-electron chi connectivity index (χ0n) is 10.3. The highest BCUT2D eigenvalue weighted by Crippen LogP contribution is 2.30. The van der Waals surface area contributed by atoms with Crippen LogP contribution in [0.2, 0.25) is 5.02 Å². The van der Waals surface area contributed by atoms with Crippen molar-refractivity contribution in [1.82, 2.24) is 4.31 Å². The molecule has 6 nitrogen and oxygen atoms in total. The van der Waals surface area contributed by atoms with Crippen LogP contribution in [0.3, 0.4) is 0 Å². The van der Waals surface area contributed by atoms with Gasteiger partial charge in [-0.3, -0.25) is 4.79 Å². The van der Waals surface area contributed by atoms with Gasteiger partial charge in [-0.2, -0.15) is 4.31 Å². The van der Waals surface area contributed by atoms with E-state index in [0.29, 0.717) is 6.42 Å². The van der Waals surface area contributed by atoms with Crippen LogP contribution in [-0.2, 0) is 14.8 Å². The maximum absolute atomic E-state index is 13.9. The average Bonchev–Trinajstić information content (AvgIpc) is 2.83. The number of primary amides is 1. The molecular formula is C11H13ClFN3O3S. The van der Waals surface area contributed by atoms with Gasteiger partial charge in [-0.05, 0) is 18.6 Å². The quantitative estimate of drug-likeness (QED) is 0.793. The fourth-order valence-corrected chi connectivity index (χ4v) is 4.00. The lowest BCUT2D eigenvalue weighted by Crippen LogP contribution is -2.32. The number of anilines is 1. The number of nitrogens with zero attached hydrogens (tertiary/aromatic N) is 1. The minimum atomic E-state index is -4.09. The summed E-state index contributed by atoms with van der Waals surface area (Å²) in [6.07, 6.45) is 0.312. The molecule has 1 aromatic carbocycles. The highest BCUT2D eigenvalue weighted by Gasteiger charge is 2.36. The van der Waals surface area contributed by atoms with Gasteiger partial charge in [0.05, 0.1) is 11.6 Å². The number of hydrogen-bond acceptors (Lipinski definition) is 4. The SMILES string of the molecule is NC(=O)C1CCN(S(=O)(=O)c2cc(Cl)cc(N)c2F)C1. The Kier molecular flexibility index (Phi) is 3.90. The van der Waals surface area contributed by atoms with Crippen molar-refractivity contribution in [3.8, 4) is 0 Å². The predicted molar refractivity (Wildman–Crippen MR) is 71.9 cm³/mol. The summed E-state index contributed by atoms with van der Waals surface area (Å²) < 4.78 is 39.6. The van der Waals surface area contributed by atoms with Crippen LogP contribution in [-0.4, -0.2) is 31.7 Å². The predicted octanol–water partition coefficient (Wildman–Crippen LogP) is 0.557. The van der Waals surface area contributed by atoms with Crippen molar-refractivity contribution in [2.45, 2.75) is 11.3 Å². The van der Waals surface area contributed by atoms with Gasteiger partial charge in [0.2, 0.25) is 15.9 Å². The number of carbonyl (C=O) groups is 1. The van der Waals surface area contributed by atoms with E-state index in [2.05, 4.69) is 0 Å². The lowest BCUT2D eigenvalue weighted by atomic mass is 10.1. The molecule has 4 N–H and O–H groups in total. The van der Waals surface area contributed by atoms with E-state index in [1.165, 1.54) is 0 Å². The number of hydrogen-bond donors (Lipinski definition) is 2. The third-order valence-corrected chi connectivity index (χ3v) is 5.29. The molecule has 9 heteroatoms. The molecule has 1 heterocycles. The van der Waals surface area contributed by atoms with Crippen molar-refractivity contribution >= 4 is 33.2 Å². The van der Waals surface area contributed by atoms with Gasteiger partial charge in [-0.15, -0.1) is 0 Å². The van der Waals surface area contributed by atoms with Gasteiger partial charge in [-0.25, -0.2) is 12.8 Å². The highest BCUT2D eigenvalue weighted by atomic mass is 35.5. The first-order valence-electron chi connectivity index (χ1n) is 5.77. The molecule has 1 atom stereocenters. The molecule has 0 aliphatic carbocycles. The Morgan fingerprint density at radius 1 is 1.45 bits per heavy atom. The Hall–Kier alpha value is -1.38. The summed E-state index contributed by atoms with van der Waals surface area (Å²) in [4.78, 5) is 10.5. The minimum absolute atomic E-state index is 0.0214. The van der Waals surface area contributed by atoms with Crippen LogP contribution < -0.4 is 11.5 Å². The molecule has 0 radical (unpaired) electrons. The number of rotatable bonds is 3. The first-order valence-corrected chi connectivity index (χ1v) is 7.59. The van der Waals surface area contributed by atoms with E-state index in [4.69, 9.17) is 23.1 Å². The molecule has 0 saturated carbocycles. The number of carbonyl (C=O) groups excluding carboxylic acids is 1. The smallest absolute Gasteiger partial charge is 0.246 e. The van der Waals surface area contributed by atoms with Gasteiger partial charge in [0.15, 0.2) is 5.82 Å². The van der Waals surface area contributed by atoms with Gasteiger partial charge < -0.3 is 11.5 Å². The standard InChI is InChI=1S/C11H13ClFN3O3S/c12-7-3-8(14)10(13)9(4-7)20(18,19)16-2-1-6(5-16)11(15)17/h3-4,6H,1-2,5,14H2,(H2,15,17). The zero-order chi connectivity index (χ0) is 15.1. The van der Waals surface area contributed by atoms with E-state index in [1.54, 1.807) is 0 Å². The number of halogens is 2. The van der Waals surface area contributed by atoms with Gasteiger partial charge in [-0.1, -0.05) is 11.6 Å². The lowest BCUT2D eigenvalue weighted by Gasteiger charge is -2.17. The molecule has 0 bridgehead atoms. The summed E-state index contributed by atoms with van der Waals surface area (Å²) in [6, 6.07) is 2.13. The number of sulfonamides is 1. The van der Waals surface area contributed by atoms with Crippen molar-refractivity contribution in [3.05, 3.63) is 23.0 Å². The maximum Gasteiger partial charge on any atom is 0.246 e. The van der Waals surface area contributed by atoms with Crippen molar-refractivity contribution in [3.63, 3.8) is 0 Å². The topological polar surface area (TPSA) is 106 Å². The van der Waals surface area contributed by atoms with Crippen molar-refractivity contribution in [2.24, 2.45) is 11.7 Å². The molecule has 1 aliphatic heterocycles. The Morgan fingerprint density at radius 3 is 2.65 bits per heavy atom. The fourth-order valence-electron chi connectivity index (χ4n) is 2.09. The van der Waals surface area contributed by atoms with Gasteiger partial charge in [0.25, 0.3) is 0 Å². The normalized spacial score (nSPS) is 20.2. The van der Waals surface area contributed by atoms with E-state index in [9.17, 15) is 17.6 Å². The Bertz CT molecular complexity index is 665. The van der Waals surface area contributed by atoms with Crippen molar-refractivity contribution in [1.29, 1.82) is 0 Å². The molecule has 1 aliphatic rings. The van der Waals surface area contributed by atoms with Gasteiger partial charge in [0, 0.05) is 18.1 Å². The summed E-state index contributed by atoms with van der Waals surface area (Å²) in [6.45, 7) is 0.0331. The Morgan fingerprint density at radius 2 is 2.10 bits per heavy atom. The third kappa shape index (κ3) is 2.58. The van der Waals surface area contributed by atoms with Crippen LogP contribution >= 0.6 is 11.6 Å². The second kappa shape index (κ2) is 5.19. The van der Waals surface area contributed by atoms with Crippen LogP contribution in [0.25, 0.3) is 0 Å². The molecule has 110 valence electrons. The monoisotopic (exact) mass is 321 g/mol. The molecule has 1 amide bonds. The number of nitrogen functional groups attached to an aromatic ring is 1. The van der Waals surface area contributed by atoms with Crippen LogP contribution in [0.1, 0.15) is 6.42 Å². The molecule has 2 rings (SSSR count). The number of nitrogens with two attached hydrogens (primary N) is 2. The van der Waals surface area contributed by atoms with Crippen LogP contribution in [0.15, 0.2) is 17.0 Å². The zero-order valence-corrected chi connectivity index (χ0v) is 11.9. The Balaban J connectivity index is 2.40. The van der Waals surface area contributed by atoms with Crippen LogP contribution in [0.5, 0.6) is 0 Å². The van der Waals surface area contributed by atoms with Crippen molar-refractivity contribution in [2.75, 3.05) is 18.8 Å². The van der Waals surface area contributed by atoms with E-state index in [0.717, 1.165) is 16.4 Å². The summed E-state index contributed by atoms with van der Waals surface area (Å²) in [5.41, 5.74) is 10.2. The molecule has 1 saturated heterocycles. The number of benzene rings is 1. The molecule has 0 aromatic heterocycles. The maximum atomic E-state index is 13.9. The van der Waals surface area contributed by atoms with Gasteiger partial charge in [0.1, 0.15) is 4.90 Å². The van der Waals surface area contributed by atoms with E-state index >= 15 is 0 Å². The molecule has 1 unspecified atom stereocenters. The summed E-state index contributed by atoms with van der Waals surface area (Å²) in [5.74, 6) is -2.19. The third-order valence-electron chi connectivity index (χ3n) is 3.20. The molecule has 1 fully saturated rings. The molecule has 1 aromatic rings. The molecule has 0 spiro atoms. The second-order valence-electron chi connectivity index (χ2n) is 4.56. The van der Waals surface area contributed by atoms with Crippen LogP contribution in [0, 0.1) is 11.7 Å². The number of amides is 1. The first kappa shape index (κ1) is 15.0. The minimum Gasteiger partial charge on any atom is -0.396 e. The summed E-state index contributed by atoms with van der Waals surface area (Å²) >= 11 is 5.71. The van der Waals surface area contributed by atoms with E-state index in [-0.39, 0.29) is 23.8 Å².